The van der Waals surface area contributed by atoms with Crippen molar-refractivity contribution in [2.45, 2.75) is 44.2 Å². The van der Waals surface area contributed by atoms with Crippen LogP contribution >= 0.6 is 23.7 Å². The summed E-state index contributed by atoms with van der Waals surface area (Å²) in [6.07, 6.45) is 5.38. The molecule has 0 aliphatic heterocycles. The lowest BCUT2D eigenvalue weighted by atomic mass is 9.67. The van der Waals surface area contributed by atoms with E-state index >= 15 is 0 Å². The van der Waals surface area contributed by atoms with Crippen LogP contribution in [-0.2, 0) is 0 Å². The van der Waals surface area contributed by atoms with Gasteiger partial charge in [0.05, 0.1) is 4.92 Å². The van der Waals surface area contributed by atoms with Gasteiger partial charge >= 0.3 is 0 Å². The fraction of sp³-hybridized carbons (Fsp3) is 0.474. The minimum absolute atomic E-state index is 0. The number of fused-ring (bicyclic) bond motifs is 2. The highest BCUT2D eigenvalue weighted by molar-refractivity contribution is 7.13. The van der Waals surface area contributed by atoms with Crippen LogP contribution in [0.1, 0.15) is 42.6 Å². The van der Waals surface area contributed by atoms with Gasteiger partial charge in [-0.05, 0) is 37.5 Å². The summed E-state index contributed by atoms with van der Waals surface area (Å²) in [7, 11) is 0. The molecule has 2 bridgehead atoms. The number of benzene rings is 1. The first-order valence-electron chi connectivity index (χ1n) is 9.28. The van der Waals surface area contributed by atoms with Crippen LogP contribution in [0.2, 0.25) is 0 Å². The number of nitro benzene ring substituents is 1. The van der Waals surface area contributed by atoms with E-state index in [0.717, 1.165) is 25.7 Å². The summed E-state index contributed by atoms with van der Waals surface area (Å²) in [5.74, 6) is 0.734. The predicted molar refractivity (Wildman–Crippen MR) is 111 cm³/mol. The smallest absolute Gasteiger partial charge is 0.271 e. The second kappa shape index (κ2) is 8.55. The van der Waals surface area contributed by atoms with Crippen molar-refractivity contribution in [2.75, 3.05) is 0 Å². The molecule has 150 valence electrons. The van der Waals surface area contributed by atoms with Gasteiger partial charge in [-0.1, -0.05) is 18.6 Å². The van der Waals surface area contributed by atoms with Gasteiger partial charge in [-0.2, -0.15) is 0 Å². The minimum Gasteiger partial charge on any atom is -0.347 e. The Morgan fingerprint density at radius 1 is 1.29 bits per heavy atom. The molecular formula is C19H23ClN4O3S. The van der Waals surface area contributed by atoms with Crippen LogP contribution in [0, 0.1) is 22.0 Å². The quantitative estimate of drug-likeness (QED) is 0.575. The number of carbonyl (C=O) groups is 1. The van der Waals surface area contributed by atoms with Crippen LogP contribution in [0.3, 0.4) is 0 Å². The molecule has 2 aliphatic rings. The summed E-state index contributed by atoms with van der Waals surface area (Å²) in [6, 6.07) is 6.73. The standard InChI is InChI=1S/C19H22N4O3S.ClH/c20-14-7-11-3-1-4-12(8-14)17(11)22-18(24)16-10-27-19(21-16)13-5-2-6-15(9-13)23(25)26;/h2,5-6,9-12,14,17H,1,3-4,7-8,20H2,(H,22,24);1H. The Morgan fingerprint density at radius 3 is 2.68 bits per heavy atom. The highest BCUT2D eigenvalue weighted by atomic mass is 35.5. The number of hydrogen-bond acceptors (Lipinski definition) is 6. The molecular weight excluding hydrogens is 400 g/mol. The Kier molecular flexibility index (Phi) is 6.32. The minimum atomic E-state index is -0.433. The zero-order chi connectivity index (χ0) is 19.0. The maximum Gasteiger partial charge on any atom is 0.271 e. The van der Waals surface area contributed by atoms with Gasteiger partial charge in [0, 0.05) is 35.2 Å². The lowest BCUT2D eigenvalue weighted by Gasteiger charge is -2.45. The molecule has 1 heterocycles. The van der Waals surface area contributed by atoms with Gasteiger partial charge in [-0.3, -0.25) is 14.9 Å². The molecule has 2 atom stereocenters. The number of nitrogens with two attached hydrogens (primary N) is 1. The monoisotopic (exact) mass is 422 g/mol. The summed E-state index contributed by atoms with van der Waals surface area (Å²) < 4.78 is 0. The Labute approximate surface area is 173 Å². The van der Waals surface area contributed by atoms with Crippen LogP contribution in [0.5, 0.6) is 0 Å². The zero-order valence-electron chi connectivity index (χ0n) is 15.2. The summed E-state index contributed by atoms with van der Waals surface area (Å²) in [5, 5.41) is 16.5. The summed E-state index contributed by atoms with van der Waals surface area (Å²) in [4.78, 5) is 27.7. The van der Waals surface area contributed by atoms with Gasteiger partial charge in [0.15, 0.2) is 0 Å². The molecule has 4 rings (SSSR count). The topological polar surface area (TPSA) is 111 Å². The second-order valence-electron chi connectivity index (χ2n) is 7.53. The molecule has 1 aromatic carbocycles. The number of nitrogens with one attached hydrogen (secondary N) is 1. The van der Waals surface area contributed by atoms with E-state index in [2.05, 4.69) is 10.3 Å². The first kappa shape index (κ1) is 20.7. The van der Waals surface area contributed by atoms with Gasteiger partial charge in [0.1, 0.15) is 10.7 Å². The van der Waals surface area contributed by atoms with E-state index in [4.69, 9.17) is 5.73 Å². The number of non-ortho nitro benzene ring substituents is 1. The third kappa shape index (κ3) is 4.19. The van der Waals surface area contributed by atoms with Gasteiger partial charge in [0.2, 0.25) is 0 Å². The first-order chi connectivity index (χ1) is 13.0. The summed E-state index contributed by atoms with van der Waals surface area (Å²) in [6.45, 7) is 0. The van der Waals surface area contributed by atoms with Crippen molar-refractivity contribution in [1.29, 1.82) is 0 Å². The van der Waals surface area contributed by atoms with Crippen LogP contribution < -0.4 is 11.1 Å². The third-order valence-electron chi connectivity index (χ3n) is 5.72. The van der Waals surface area contributed by atoms with Crippen LogP contribution in [-0.4, -0.2) is 27.9 Å². The number of carbonyl (C=O) groups excluding carboxylic acids is 1. The molecule has 2 aliphatic carbocycles. The van der Waals surface area contributed by atoms with Crippen molar-refractivity contribution in [3.8, 4) is 10.6 Å². The van der Waals surface area contributed by atoms with Gasteiger partial charge in [-0.25, -0.2) is 4.98 Å². The number of thiazole rings is 1. The average Bonchev–Trinajstić information content (AvgIpc) is 3.13. The van der Waals surface area contributed by atoms with E-state index in [9.17, 15) is 14.9 Å². The third-order valence-corrected chi connectivity index (χ3v) is 6.61. The molecule has 1 amide bonds. The molecule has 2 saturated carbocycles. The Bertz CT molecular complexity index is 860. The highest BCUT2D eigenvalue weighted by Crippen LogP contribution is 2.39. The fourth-order valence-corrected chi connectivity index (χ4v) is 5.31. The Balaban J connectivity index is 0.00000225. The van der Waals surface area contributed by atoms with Crippen LogP contribution in [0.4, 0.5) is 5.69 Å². The molecule has 2 aromatic rings. The second-order valence-corrected chi connectivity index (χ2v) is 8.39. The lowest BCUT2D eigenvalue weighted by molar-refractivity contribution is -0.384. The van der Waals surface area contributed by atoms with Gasteiger partial charge in [0.25, 0.3) is 11.6 Å². The number of amides is 1. The fourth-order valence-electron chi connectivity index (χ4n) is 4.51. The molecule has 7 nitrogen and oxygen atoms in total. The van der Waals surface area contributed by atoms with E-state index < -0.39 is 4.92 Å². The lowest BCUT2D eigenvalue weighted by Crippen LogP contribution is -2.53. The average molecular weight is 423 g/mol. The predicted octanol–water partition coefficient (Wildman–Crippen LogP) is 3.78. The number of rotatable bonds is 4. The van der Waals surface area contributed by atoms with E-state index in [1.54, 1.807) is 17.5 Å². The maximum atomic E-state index is 12.7. The first-order valence-corrected chi connectivity index (χ1v) is 10.2. The Morgan fingerprint density at radius 2 is 2.00 bits per heavy atom. The largest absolute Gasteiger partial charge is 0.347 e. The van der Waals surface area contributed by atoms with Crippen molar-refractivity contribution in [1.82, 2.24) is 10.3 Å². The number of nitro groups is 1. The van der Waals surface area contributed by atoms with Crippen molar-refractivity contribution < 1.29 is 9.72 Å². The molecule has 28 heavy (non-hydrogen) atoms. The summed E-state index contributed by atoms with van der Waals surface area (Å²) >= 11 is 1.32. The number of nitrogens with zero attached hydrogens (tertiary/aromatic N) is 2. The molecule has 0 radical (unpaired) electrons. The van der Waals surface area contributed by atoms with E-state index in [1.165, 1.54) is 29.9 Å². The highest BCUT2D eigenvalue weighted by Gasteiger charge is 2.40. The molecule has 0 saturated heterocycles. The number of hydrogen-bond donors (Lipinski definition) is 2. The SMILES string of the molecule is Cl.NC1CC2CCCC(C1)C2NC(=O)c1csc(-c2cccc([N+](=O)[O-])c2)n1. The van der Waals surface area contributed by atoms with Crippen LogP contribution in [0.15, 0.2) is 29.6 Å². The molecule has 1 aromatic heterocycles. The molecule has 2 fully saturated rings. The zero-order valence-corrected chi connectivity index (χ0v) is 16.9. The van der Waals surface area contributed by atoms with Crippen molar-refractivity contribution in [2.24, 2.45) is 17.6 Å². The van der Waals surface area contributed by atoms with Crippen LogP contribution in [0.25, 0.3) is 10.6 Å². The van der Waals surface area contributed by atoms with E-state index in [-0.39, 0.29) is 36.1 Å². The molecule has 0 spiro atoms. The summed E-state index contributed by atoms with van der Waals surface area (Å²) in [5.41, 5.74) is 7.19. The van der Waals surface area contributed by atoms with Gasteiger partial charge < -0.3 is 11.1 Å². The van der Waals surface area contributed by atoms with Crippen molar-refractivity contribution in [3.05, 3.63) is 45.5 Å². The molecule has 9 heteroatoms. The molecule has 3 N–H and O–H groups in total. The Hall–Kier alpha value is -2.03. The number of aromatic nitrogens is 1. The molecule has 2 unspecified atom stereocenters. The van der Waals surface area contributed by atoms with Crippen molar-refractivity contribution >= 4 is 35.3 Å². The number of halogens is 1. The van der Waals surface area contributed by atoms with E-state index in [0.29, 0.717) is 28.1 Å². The van der Waals surface area contributed by atoms with E-state index in [1.807, 2.05) is 0 Å². The van der Waals surface area contributed by atoms with Crippen molar-refractivity contribution in [3.63, 3.8) is 0 Å². The maximum absolute atomic E-state index is 12.7. The van der Waals surface area contributed by atoms with Gasteiger partial charge in [-0.15, -0.1) is 23.7 Å². The normalized spacial score (nSPS) is 26.2.